The first kappa shape index (κ1) is 6.05. The highest BCUT2D eigenvalue weighted by Crippen LogP contribution is 2.03. The zero-order valence-electron chi connectivity index (χ0n) is 5.06. The molecule has 0 aromatic rings. The molecular formula is C6H12O2. The van der Waals surface area contributed by atoms with E-state index in [4.69, 9.17) is 9.78 Å². The maximum atomic E-state index is 4.77. The molecule has 0 N–H and O–H groups in total. The fourth-order valence-electron chi connectivity index (χ4n) is 0.793. The Kier molecular flexibility index (Phi) is 2.92. The van der Waals surface area contributed by atoms with Crippen molar-refractivity contribution in [3.05, 3.63) is 0 Å². The van der Waals surface area contributed by atoms with Crippen LogP contribution in [0.25, 0.3) is 0 Å². The summed E-state index contributed by atoms with van der Waals surface area (Å²) >= 11 is 0. The zero-order valence-corrected chi connectivity index (χ0v) is 5.06. The summed E-state index contributed by atoms with van der Waals surface area (Å²) in [6.07, 6.45) is 4.90. The second kappa shape index (κ2) is 3.87. The molecule has 0 atom stereocenters. The van der Waals surface area contributed by atoms with Gasteiger partial charge in [0.05, 0.1) is 13.2 Å². The van der Waals surface area contributed by atoms with Crippen LogP contribution in [-0.4, -0.2) is 13.2 Å². The molecule has 0 unspecified atom stereocenters. The molecule has 0 saturated carbocycles. The van der Waals surface area contributed by atoms with E-state index in [2.05, 4.69) is 0 Å². The van der Waals surface area contributed by atoms with Crippen LogP contribution in [0.1, 0.15) is 25.7 Å². The van der Waals surface area contributed by atoms with Gasteiger partial charge in [0.25, 0.3) is 0 Å². The lowest BCUT2D eigenvalue weighted by atomic mass is 10.2. The van der Waals surface area contributed by atoms with Crippen molar-refractivity contribution < 1.29 is 9.78 Å². The van der Waals surface area contributed by atoms with Crippen molar-refractivity contribution in [1.82, 2.24) is 0 Å². The van der Waals surface area contributed by atoms with Crippen LogP contribution in [0.5, 0.6) is 0 Å². The van der Waals surface area contributed by atoms with Crippen LogP contribution in [0.4, 0.5) is 0 Å². The van der Waals surface area contributed by atoms with Crippen molar-refractivity contribution in [3.8, 4) is 0 Å². The average Bonchev–Trinajstić information content (AvgIpc) is 1.62. The Morgan fingerprint density at radius 2 is 1.12 bits per heavy atom. The Morgan fingerprint density at radius 3 is 1.62 bits per heavy atom. The number of hydrogen-bond acceptors (Lipinski definition) is 2. The topological polar surface area (TPSA) is 18.5 Å². The van der Waals surface area contributed by atoms with Crippen molar-refractivity contribution in [3.63, 3.8) is 0 Å². The summed E-state index contributed by atoms with van der Waals surface area (Å²) in [5.74, 6) is 0. The Bertz CT molecular complexity index is 30.5. The van der Waals surface area contributed by atoms with E-state index in [9.17, 15) is 0 Å². The maximum absolute atomic E-state index is 4.77. The summed E-state index contributed by atoms with van der Waals surface area (Å²) in [7, 11) is 0. The molecular weight excluding hydrogens is 104 g/mol. The van der Waals surface area contributed by atoms with Crippen LogP contribution in [0.15, 0.2) is 0 Å². The van der Waals surface area contributed by atoms with Gasteiger partial charge in [-0.05, 0) is 12.8 Å². The van der Waals surface area contributed by atoms with Gasteiger partial charge in [-0.1, -0.05) is 12.8 Å². The SMILES string of the molecule is C1CCCOOCC1. The Hall–Kier alpha value is -0.0800. The minimum Gasteiger partial charge on any atom is -0.237 e. The van der Waals surface area contributed by atoms with Crippen molar-refractivity contribution >= 4 is 0 Å². The molecule has 1 fully saturated rings. The van der Waals surface area contributed by atoms with Crippen molar-refractivity contribution in [2.24, 2.45) is 0 Å². The van der Waals surface area contributed by atoms with Gasteiger partial charge in [0.15, 0.2) is 0 Å². The normalized spacial score (nSPS) is 24.0. The highest BCUT2D eigenvalue weighted by molar-refractivity contribution is 4.42. The summed E-state index contributed by atoms with van der Waals surface area (Å²) in [6, 6.07) is 0. The molecule has 0 spiro atoms. The van der Waals surface area contributed by atoms with E-state index < -0.39 is 0 Å². The number of hydrogen-bond donors (Lipinski definition) is 0. The van der Waals surface area contributed by atoms with Gasteiger partial charge < -0.3 is 0 Å². The van der Waals surface area contributed by atoms with Crippen LogP contribution in [-0.2, 0) is 9.78 Å². The third kappa shape index (κ3) is 2.28. The predicted molar refractivity (Wildman–Crippen MR) is 30.4 cm³/mol. The molecule has 0 bridgehead atoms. The summed E-state index contributed by atoms with van der Waals surface area (Å²) in [4.78, 5) is 9.55. The van der Waals surface area contributed by atoms with Crippen LogP contribution < -0.4 is 0 Å². The molecule has 0 aliphatic carbocycles. The molecule has 1 aliphatic heterocycles. The first-order valence-corrected chi connectivity index (χ1v) is 3.24. The Balaban J connectivity index is 2.00. The van der Waals surface area contributed by atoms with Crippen molar-refractivity contribution in [2.75, 3.05) is 13.2 Å². The van der Waals surface area contributed by atoms with Crippen LogP contribution in [0.3, 0.4) is 0 Å². The highest BCUT2D eigenvalue weighted by Gasteiger charge is 1.95. The molecule has 1 rings (SSSR count). The quantitative estimate of drug-likeness (QED) is 0.446. The van der Waals surface area contributed by atoms with E-state index in [-0.39, 0.29) is 0 Å². The summed E-state index contributed by atoms with van der Waals surface area (Å²) in [5, 5.41) is 0. The second-order valence-corrected chi connectivity index (χ2v) is 2.06. The van der Waals surface area contributed by atoms with Crippen LogP contribution >= 0.6 is 0 Å². The number of rotatable bonds is 0. The smallest absolute Gasteiger partial charge is 0.0822 e. The zero-order chi connectivity index (χ0) is 5.66. The van der Waals surface area contributed by atoms with E-state index >= 15 is 0 Å². The fraction of sp³-hybridized carbons (Fsp3) is 1.00. The van der Waals surface area contributed by atoms with Crippen LogP contribution in [0, 0.1) is 0 Å². The lowest BCUT2D eigenvalue weighted by Gasteiger charge is -2.07. The standard InChI is InChI=1S/C6H12O2/c1-2-4-6-8-7-5-3-1/h1-6H2. The predicted octanol–water partition coefficient (Wildman–Crippen LogP) is 1.51. The van der Waals surface area contributed by atoms with E-state index in [1.54, 1.807) is 0 Å². The van der Waals surface area contributed by atoms with Gasteiger partial charge in [-0.25, -0.2) is 9.78 Å². The summed E-state index contributed by atoms with van der Waals surface area (Å²) in [6.45, 7) is 1.56. The maximum Gasteiger partial charge on any atom is 0.0822 e. The lowest BCUT2D eigenvalue weighted by molar-refractivity contribution is -0.298. The summed E-state index contributed by atoms with van der Waals surface area (Å²) in [5.41, 5.74) is 0. The van der Waals surface area contributed by atoms with Gasteiger partial charge in [0.1, 0.15) is 0 Å². The molecule has 1 saturated heterocycles. The van der Waals surface area contributed by atoms with Gasteiger partial charge in [0.2, 0.25) is 0 Å². The Labute approximate surface area is 49.7 Å². The Morgan fingerprint density at radius 1 is 0.625 bits per heavy atom. The van der Waals surface area contributed by atoms with E-state index in [0.717, 1.165) is 26.1 Å². The lowest BCUT2D eigenvalue weighted by Crippen LogP contribution is -2.02. The molecule has 0 aromatic carbocycles. The molecule has 8 heavy (non-hydrogen) atoms. The first-order chi connectivity index (χ1) is 4.00. The molecule has 0 aromatic heterocycles. The largest absolute Gasteiger partial charge is 0.237 e. The second-order valence-electron chi connectivity index (χ2n) is 2.06. The van der Waals surface area contributed by atoms with E-state index in [1.165, 1.54) is 12.8 Å². The summed E-state index contributed by atoms with van der Waals surface area (Å²) < 4.78 is 0. The molecule has 48 valence electrons. The third-order valence-electron chi connectivity index (χ3n) is 1.29. The first-order valence-electron chi connectivity index (χ1n) is 3.24. The minimum atomic E-state index is 0.778. The van der Waals surface area contributed by atoms with Crippen molar-refractivity contribution in [2.45, 2.75) is 25.7 Å². The van der Waals surface area contributed by atoms with E-state index in [0.29, 0.717) is 0 Å². The minimum absolute atomic E-state index is 0.778. The molecule has 0 radical (unpaired) electrons. The molecule has 0 amide bonds. The van der Waals surface area contributed by atoms with Gasteiger partial charge in [-0.15, -0.1) is 0 Å². The monoisotopic (exact) mass is 116 g/mol. The van der Waals surface area contributed by atoms with Crippen LogP contribution in [0.2, 0.25) is 0 Å². The molecule has 1 heterocycles. The third-order valence-corrected chi connectivity index (χ3v) is 1.29. The average molecular weight is 116 g/mol. The van der Waals surface area contributed by atoms with Gasteiger partial charge in [-0.3, -0.25) is 0 Å². The molecule has 2 heteroatoms. The highest BCUT2D eigenvalue weighted by atomic mass is 17.2. The van der Waals surface area contributed by atoms with Gasteiger partial charge in [0, 0.05) is 0 Å². The fourth-order valence-corrected chi connectivity index (χ4v) is 0.793. The van der Waals surface area contributed by atoms with Gasteiger partial charge in [-0.2, -0.15) is 0 Å². The molecule has 2 nitrogen and oxygen atoms in total. The van der Waals surface area contributed by atoms with E-state index in [1.807, 2.05) is 0 Å². The molecule has 1 aliphatic rings. The van der Waals surface area contributed by atoms with Gasteiger partial charge >= 0.3 is 0 Å². The van der Waals surface area contributed by atoms with Crippen molar-refractivity contribution in [1.29, 1.82) is 0 Å².